The molecule has 6 nitrogen and oxygen atoms in total. The Morgan fingerprint density at radius 2 is 2.35 bits per heavy atom. The van der Waals surface area contributed by atoms with Gasteiger partial charge in [0.25, 0.3) is 0 Å². The van der Waals surface area contributed by atoms with Gasteiger partial charge in [-0.25, -0.2) is 0 Å². The van der Waals surface area contributed by atoms with E-state index in [1.54, 1.807) is 6.92 Å². The number of rotatable bonds is 5. The van der Waals surface area contributed by atoms with E-state index >= 15 is 0 Å². The van der Waals surface area contributed by atoms with E-state index in [4.69, 9.17) is 4.74 Å². The minimum absolute atomic E-state index is 0.0508. The van der Waals surface area contributed by atoms with E-state index in [1.807, 2.05) is 0 Å². The lowest BCUT2D eigenvalue weighted by Gasteiger charge is -2.41. The summed E-state index contributed by atoms with van der Waals surface area (Å²) in [7, 11) is 0. The molecule has 0 radical (unpaired) electrons. The summed E-state index contributed by atoms with van der Waals surface area (Å²) >= 11 is 0. The summed E-state index contributed by atoms with van der Waals surface area (Å²) in [5.41, 5.74) is 0. The molecule has 0 saturated carbocycles. The third-order valence-electron chi connectivity index (χ3n) is 4.08. The summed E-state index contributed by atoms with van der Waals surface area (Å²) in [6.07, 6.45) is 1.81. The van der Waals surface area contributed by atoms with Crippen molar-refractivity contribution in [2.75, 3.05) is 26.2 Å². The molecule has 1 amide bonds. The van der Waals surface area contributed by atoms with E-state index in [0.29, 0.717) is 25.5 Å². The molecule has 3 atom stereocenters. The highest BCUT2D eigenvalue weighted by Crippen LogP contribution is 2.25. The molecule has 2 aliphatic rings. The minimum Gasteiger partial charge on any atom is -0.466 e. The standard InChI is InChI=1S/C14H24N2O4/c1-2-20-14(19)7-11(17)9-16-6-5-12-10(8-16)3-4-13(18)15-12/h10-12,17H,2-9H2,1H3,(H,15,18). The third-order valence-corrected chi connectivity index (χ3v) is 4.08. The number of esters is 1. The molecule has 2 N–H and O–H groups in total. The molecule has 0 bridgehead atoms. The van der Waals surface area contributed by atoms with Gasteiger partial charge in [-0.05, 0) is 25.7 Å². The molecule has 6 heteroatoms. The molecule has 0 aliphatic carbocycles. The van der Waals surface area contributed by atoms with Crippen molar-refractivity contribution in [1.29, 1.82) is 0 Å². The minimum atomic E-state index is -0.677. The van der Waals surface area contributed by atoms with Crippen LogP contribution in [0, 0.1) is 5.92 Å². The Hall–Kier alpha value is -1.14. The molecule has 114 valence electrons. The van der Waals surface area contributed by atoms with Crippen LogP contribution in [0.1, 0.15) is 32.6 Å². The first-order chi connectivity index (χ1) is 9.58. The number of carbonyl (C=O) groups is 2. The number of hydrogen-bond acceptors (Lipinski definition) is 5. The molecule has 0 spiro atoms. The molecule has 0 aromatic heterocycles. The molecule has 0 aromatic rings. The van der Waals surface area contributed by atoms with Crippen LogP contribution >= 0.6 is 0 Å². The number of fused-ring (bicyclic) bond motifs is 1. The van der Waals surface area contributed by atoms with E-state index < -0.39 is 6.10 Å². The van der Waals surface area contributed by atoms with Gasteiger partial charge in [0.2, 0.25) is 5.91 Å². The highest BCUT2D eigenvalue weighted by Gasteiger charge is 2.34. The molecule has 2 fully saturated rings. The first-order valence-corrected chi connectivity index (χ1v) is 7.44. The third kappa shape index (κ3) is 4.18. The van der Waals surface area contributed by atoms with E-state index in [2.05, 4.69) is 10.2 Å². The largest absolute Gasteiger partial charge is 0.466 e. The van der Waals surface area contributed by atoms with Crippen molar-refractivity contribution in [3.63, 3.8) is 0 Å². The van der Waals surface area contributed by atoms with Gasteiger partial charge in [-0.15, -0.1) is 0 Å². The fourth-order valence-electron chi connectivity index (χ4n) is 3.13. The maximum atomic E-state index is 11.3. The van der Waals surface area contributed by atoms with Gasteiger partial charge >= 0.3 is 5.97 Å². The van der Waals surface area contributed by atoms with Crippen molar-refractivity contribution in [2.24, 2.45) is 5.92 Å². The van der Waals surface area contributed by atoms with Crippen molar-refractivity contribution in [3.05, 3.63) is 0 Å². The molecule has 3 unspecified atom stereocenters. The second-order valence-electron chi connectivity index (χ2n) is 5.68. The maximum absolute atomic E-state index is 11.3. The first kappa shape index (κ1) is 15.3. The Kier molecular flexibility index (Phi) is 5.37. The summed E-state index contributed by atoms with van der Waals surface area (Å²) in [6, 6.07) is 0.287. The second kappa shape index (κ2) is 7.04. The highest BCUT2D eigenvalue weighted by atomic mass is 16.5. The number of aliphatic hydroxyl groups excluding tert-OH is 1. The van der Waals surface area contributed by atoms with Crippen LogP contribution in [-0.4, -0.2) is 60.3 Å². The average molecular weight is 284 g/mol. The van der Waals surface area contributed by atoms with Crippen LogP contribution in [0.2, 0.25) is 0 Å². The van der Waals surface area contributed by atoms with E-state index in [-0.39, 0.29) is 24.3 Å². The zero-order valence-electron chi connectivity index (χ0n) is 12.0. The van der Waals surface area contributed by atoms with Gasteiger partial charge in [0.1, 0.15) is 0 Å². The molecule has 2 saturated heterocycles. The summed E-state index contributed by atoms with van der Waals surface area (Å²) in [5.74, 6) is 0.276. The number of amides is 1. The highest BCUT2D eigenvalue weighted by molar-refractivity contribution is 5.77. The number of nitrogens with one attached hydrogen (secondary N) is 1. The van der Waals surface area contributed by atoms with Gasteiger partial charge < -0.3 is 20.1 Å². The molecular formula is C14H24N2O4. The first-order valence-electron chi connectivity index (χ1n) is 7.44. The second-order valence-corrected chi connectivity index (χ2v) is 5.68. The van der Waals surface area contributed by atoms with Crippen molar-refractivity contribution in [1.82, 2.24) is 10.2 Å². The molecule has 0 aromatic carbocycles. The van der Waals surface area contributed by atoms with E-state index in [1.165, 1.54) is 0 Å². The molecule has 2 heterocycles. The van der Waals surface area contributed by atoms with Gasteiger partial charge in [-0.1, -0.05) is 0 Å². The lowest BCUT2D eigenvalue weighted by molar-refractivity contribution is -0.145. The topological polar surface area (TPSA) is 78.9 Å². The predicted molar refractivity (Wildman–Crippen MR) is 73.0 cm³/mol. The van der Waals surface area contributed by atoms with Crippen LogP contribution in [-0.2, 0) is 14.3 Å². The number of ether oxygens (including phenoxy) is 1. The lowest BCUT2D eigenvalue weighted by Crippen LogP contribution is -2.54. The monoisotopic (exact) mass is 284 g/mol. The predicted octanol–water partition coefficient (Wildman–Crippen LogP) is -0.0990. The Morgan fingerprint density at radius 1 is 1.55 bits per heavy atom. The quantitative estimate of drug-likeness (QED) is 0.689. The zero-order chi connectivity index (χ0) is 14.5. The number of hydrogen-bond donors (Lipinski definition) is 2. The lowest BCUT2D eigenvalue weighted by atomic mass is 9.85. The number of nitrogens with zero attached hydrogens (tertiary/aromatic N) is 1. The van der Waals surface area contributed by atoms with Crippen LogP contribution in [0.4, 0.5) is 0 Å². The number of aliphatic hydroxyl groups is 1. The average Bonchev–Trinajstić information content (AvgIpc) is 2.39. The van der Waals surface area contributed by atoms with Gasteiger partial charge in [0.05, 0.1) is 19.1 Å². The summed E-state index contributed by atoms with van der Waals surface area (Å²) in [4.78, 5) is 24.8. The van der Waals surface area contributed by atoms with Crippen LogP contribution in [0.15, 0.2) is 0 Å². The maximum Gasteiger partial charge on any atom is 0.308 e. The fraction of sp³-hybridized carbons (Fsp3) is 0.857. The molecule has 20 heavy (non-hydrogen) atoms. The van der Waals surface area contributed by atoms with Crippen LogP contribution in [0.3, 0.4) is 0 Å². The van der Waals surface area contributed by atoms with E-state index in [9.17, 15) is 14.7 Å². The summed E-state index contributed by atoms with van der Waals surface area (Å²) in [5, 5.41) is 13.0. The normalized spacial score (nSPS) is 28.4. The van der Waals surface area contributed by atoms with Crippen LogP contribution < -0.4 is 5.32 Å². The Balaban J connectivity index is 1.75. The zero-order valence-corrected chi connectivity index (χ0v) is 12.0. The summed E-state index contributed by atoms with van der Waals surface area (Å²) < 4.78 is 4.83. The Bertz CT molecular complexity index is 361. The van der Waals surface area contributed by atoms with Crippen molar-refractivity contribution < 1.29 is 19.4 Å². The molecule has 2 aliphatic heterocycles. The van der Waals surface area contributed by atoms with Gasteiger partial charge in [-0.3, -0.25) is 9.59 Å². The number of piperidine rings is 2. The SMILES string of the molecule is CCOC(=O)CC(O)CN1CCC2NC(=O)CCC2C1. The smallest absolute Gasteiger partial charge is 0.308 e. The number of carbonyl (C=O) groups excluding carboxylic acids is 2. The Morgan fingerprint density at radius 3 is 3.10 bits per heavy atom. The molecule has 2 rings (SSSR count). The molecular weight excluding hydrogens is 260 g/mol. The van der Waals surface area contributed by atoms with Crippen LogP contribution in [0.5, 0.6) is 0 Å². The van der Waals surface area contributed by atoms with Gasteiger partial charge in [0, 0.05) is 32.1 Å². The van der Waals surface area contributed by atoms with Crippen LogP contribution in [0.25, 0.3) is 0 Å². The van der Waals surface area contributed by atoms with Gasteiger partial charge in [-0.2, -0.15) is 0 Å². The number of β-amino-alcohol motifs (C(OH)–C–C–N with tert-alkyl or cyclic N) is 1. The van der Waals surface area contributed by atoms with Crippen molar-refractivity contribution in [2.45, 2.75) is 44.8 Å². The van der Waals surface area contributed by atoms with Gasteiger partial charge in [0.15, 0.2) is 0 Å². The number of likely N-dealkylation sites (tertiary alicyclic amines) is 1. The Labute approximate surface area is 119 Å². The van der Waals surface area contributed by atoms with Crippen molar-refractivity contribution >= 4 is 11.9 Å². The van der Waals surface area contributed by atoms with E-state index in [0.717, 1.165) is 25.9 Å². The summed E-state index contributed by atoms with van der Waals surface area (Å²) in [6.45, 7) is 4.33. The fourth-order valence-corrected chi connectivity index (χ4v) is 3.13. The van der Waals surface area contributed by atoms with Crippen molar-refractivity contribution in [3.8, 4) is 0 Å².